The minimum absolute atomic E-state index is 0.792. The number of rotatable bonds is 5. The summed E-state index contributed by atoms with van der Waals surface area (Å²) >= 11 is 0. The Morgan fingerprint density at radius 2 is 1.83 bits per heavy atom. The summed E-state index contributed by atoms with van der Waals surface area (Å²) in [5, 5.41) is 3.74. The number of piperidine rings is 1. The van der Waals surface area contributed by atoms with Crippen LogP contribution in [0.3, 0.4) is 0 Å². The second-order valence-corrected chi connectivity index (χ2v) is 6.82. The fourth-order valence-corrected chi connectivity index (χ4v) is 4.06. The molecule has 2 saturated carbocycles. The quantitative estimate of drug-likeness (QED) is 0.806. The fraction of sp³-hybridized carbons (Fsp3) is 1.00. The molecule has 1 aliphatic heterocycles. The second kappa shape index (κ2) is 5.92. The van der Waals surface area contributed by atoms with Crippen LogP contribution in [-0.2, 0) is 0 Å². The van der Waals surface area contributed by atoms with Gasteiger partial charge in [0.1, 0.15) is 0 Å². The van der Waals surface area contributed by atoms with Crippen LogP contribution in [0, 0.1) is 5.92 Å². The lowest BCUT2D eigenvalue weighted by molar-refractivity contribution is 0.155. The lowest BCUT2D eigenvalue weighted by Gasteiger charge is -2.34. The molecule has 3 aliphatic rings. The molecular formula is C16H30N2. The highest BCUT2D eigenvalue weighted by Gasteiger charge is 2.38. The summed E-state index contributed by atoms with van der Waals surface area (Å²) in [5.74, 6) is 1.02. The Bertz CT molecular complexity index is 256. The predicted octanol–water partition coefficient (Wildman–Crippen LogP) is 3.17. The Hall–Kier alpha value is -0.0800. The molecule has 0 aromatic heterocycles. The molecule has 18 heavy (non-hydrogen) atoms. The van der Waals surface area contributed by atoms with Crippen LogP contribution in [0.5, 0.6) is 0 Å². The topological polar surface area (TPSA) is 15.3 Å². The molecule has 3 atom stereocenters. The molecule has 0 aromatic carbocycles. The van der Waals surface area contributed by atoms with Gasteiger partial charge in [-0.3, -0.25) is 4.90 Å². The van der Waals surface area contributed by atoms with Crippen LogP contribution in [0.1, 0.15) is 64.7 Å². The molecule has 1 saturated heterocycles. The Morgan fingerprint density at radius 1 is 1.00 bits per heavy atom. The molecule has 104 valence electrons. The van der Waals surface area contributed by atoms with Crippen LogP contribution in [0.2, 0.25) is 0 Å². The maximum Gasteiger partial charge on any atom is 0.0195 e. The van der Waals surface area contributed by atoms with Crippen molar-refractivity contribution >= 4 is 0 Å². The van der Waals surface area contributed by atoms with Crippen molar-refractivity contribution in [1.82, 2.24) is 10.2 Å². The highest BCUT2D eigenvalue weighted by atomic mass is 15.2. The maximum atomic E-state index is 3.74. The van der Waals surface area contributed by atoms with Gasteiger partial charge in [0.05, 0.1) is 0 Å². The molecule has 2 nitrogen and oxygen atoms in total. The highest BCUT2D eigenvalue weighted by molar-refractivity contribution is 4.94. The number of hydrogen-bond acceptors (Lipinski definition) is 2. The molecule has 2 aliphatic carbocycles. The van der Waals surface area contributed by atoms with E-state index in [2.05, 4.69) is 17.1 Å². The van der Waals surface area contributed by atoms with Gasteiger partial charge < -0.3 is 5.32 Å². The monoisotopic (exact) mass is 250 g/mol. The van der Waals surface area contributed by atoms with Crippen LogP contribution in [0.4, 0.5) is 0 Å². The molecule has 1 N–H and O–H groups in total. The van der Waals surface area contributed by atoms with E-state index in [0.29, 0.717) is 0 Å². The summed E-state index contributed by atoms with van der Waals surface area (Å²) in [6, 6.07) is 2.67. The van der Waals surface area contributed by atoms with Crippen molar-refractivity contribution in [2.75, 3.05) is 13.1 Å². The summed E-state index contributed by atoms with van der Waals surface area (Å²) < 4.78 is 0. The molecule has 2 heteroatoms. The van der Waals surface area contributed by atoms with Gasteiger partial charge in [-0.05, 0) is 57.4 Å². The van der Waals surface area contributed by atoms with Crippen molar-refractivity contribution in [3.63, 3.8) is 0 Å². The minimum atomic E-state index is 0.792. The normalized spacial score (nSPS) is 37.3. The van der Waals surface area contributed by atoms with E-state index in [1.807, 2.05) is 0 Å². The van der Waals surface area contributed by atoms with Crippen molar-refractivity contribution in [3.8, 4) is 0 Å². The summed E-state index contributed by atoms with van der Waals surface area (Å²) in [7, 11) is 0. The first-order chi connectivity index (χ1) is 8.86. The zero-order chi connectivity index (χ0) is 12.4. The summed E-state index contributed by atoms with van der Waals surface area (Å²) in [6.45, 7) is 4.97. The summed E-state index contributed by atoms with van der Waals surface area (Å²) in [6.07, 6.45) is 13.0. The number of nitrogens with zero attached hydrogens (tertiary/aromatic N) is 1. The van der Waals surface area contributed by atoms with Crippen LogP contribution >= 0.6 is 0 Å². The Kier molecular flexibility index (Phi) is 4.25. The maximum absolute atomic E-state index is 3.74. The first-order valence-corrected chi connectivity index (χ1v) is 8.36. The predicted molar refractivity (Wildman–Crippen MR) is 76.8 cm³/mol. The average Bonchev–Trinajstić information content (AvgIpc) is 3.14. The Morgan fingerprint density at radius 3 is 2.44 bits per heavy atom. The first-order valence-electron chi connectivity index (χ1n) is 8.36. The molecule has 3 unspecified atom stereocenters. The van der Waals surface area contributed by atoms with E-state index in [4.69, 9.17) is 0 Å². The second-order valence-electron chi connectivity index (χ2n) is 6.82. The third-order valence-corrected chi connectivity index (χ3v) is 5.42. The van der Waals surface area contributed by atoms with Crippen molar-refractivity contribution < 1.29 is 0 Å². The van der Waals surface area contributed by atoms with E-state index in [-0.39, 0.29) is 0 Å². The fourth-order valence-electron chi connectivity index (χ4n) is 4.06. The van der Waals surface area contributed by atoms with E-state index in [0.717, 1.165) is 24.0 Å². The molecule has 1 heterocycles. The van der Waals surface area contributed by atoms with Crippen LogP contribution in [0.25, 0.3) is 0 Å². The van der Waals surface area contributed by atoms with Gasteiger partial charge in [0.15, 0.2) is 0 Å². The molecule has 0 bridgehead atoms. The van der Waals surface area contributed by atoms with Crippen molar-refractivity contribution in [3.05, 3.63) is 0 Å². The van der Waals surface area contributed by atoms with Gasteiger partial charge in [-0.2, -0.15) is 0 Å². The van der Waals surface area contributed by atoms with E-state index in [1.54, 1.807) is 0 Å². The SMILES string of the molecule is CCC1CCC(N(CC2CCCCN2)C2CC2)C1. The lowest BCUT2D eigenvalue weighted by Crippen LogP contribution is -2.47. The molecule has 3 rings (SSSR count). The van der Waals surface area contributed by atoms with Crippen molar-refractivity contribution in [1.29, 1.82) is 0 Å². The zero-order valence-corrected chi connectivity index (χ0v) is 12.0. The molecule has 0 amide bonds. The average molecular weight is 250 g/mol. The van der Waals surface area contributed by atoms with Crippen LogP contribution in [0.15, 0.2) is 0 Å². The molecule has 0 radical (unpaired) electrons. The van der Waals surface area contributed by atoms with E-state index < -0.39 is 0 Å². The largest absolute Gasteiger partial charge is 0.313 e. The van der Waals surface area contributed by atoms with Gasteiger partial charge in [-0.15, -0.1) is 0 Å². The van der Waals surface area contributed by atoms with Gasteiger partial charge in [0.25, 0.3) is 0 Å². The molecule has 0 aromatic rings. The molecule has 0 spiro atoms. The van der Waals surface area contributed by atoms with Crippen molar-refractivity contribution in [2.24, 2.45) is 5.92 Å². The first kappa shape index (κ1) is 12.9. The summed E-state index contributed by atoms with van der Waals surface area (Å²) in [5.41, 5.74) is 0. The van der Waals surface area contributed by atoms with E-state index in [9.17, 15) is 0 Å². The zero-order valence-electron chi connectivity index (χ0n) is 12.0. The molecular weight excluding hydrogens is 220 g/mol. The van der Waals surface area contributed by atoms with E-state index in [1.165, 1.54) is 70.9 Å². The standard InChI is InChI=1S/C16H30N2/c1-2-13-6-7-16(11-13)18(15-8-9-15)12-14-5-3-4-10-17-14/h13-17H,2-12H2,1H3. The Labute approximate surface area is 113 Å². The third-order valence-electron chi connectivity index (χ3n) is 5.42. The van der Waals surface area contributed by atoms with Crippen LogP contribution in [-0.4, -0.2) is 36.1 Å². The van der Waals surface area contributed by atoms with E-state index >= 15 is 0 Å². The van der Waals surface area contributed by atoms with Gasteiger partial charge >= 0.3 is 0 Å². The Balaban J connectivity index is 1.54. The smallest absolute Gasteiger partial charge is 0.0195 e. The van der Waals surface area contributed by atoms with Gasteiger partial charge in [0.2, 0.25) is 0 Å². The highest BCUT2D eigenvalue weighted by Crippen LogP contribution is 2.37. The van der Waals surface area contributed by atoms with Gasteiger partial charge in [0, 0.05) is 24.7 Å². The van der Waals surface area contributed by atoms with Gasteiger partial charge in [-0.25, -0.2) is 0 Å². The number of nitrogens with one attached hydrogen (secondary N) is 1. The lowest BCUT2D eigenvalue weighted by atomic mass is 10.0. The number of hydrogen-bond donors (Lipinski definition) is 1. The molecule has 3 fully saturated rings. The van der Waals surface area contributed by atoms with Crippen LogP contribution < -0.4 is 5.32 Å². The summed E-state index contributed by atoms with van der Waals surface area (Å²) in [4.78, 5) is 2.90. The van der Waals surface area contributed by atoms with Crippen molar-refractivity contribution in [2.45, 2.75) is 82.8 Å². The third kappa shape index (κ3) is 3.08. The minimum Gasteiger partial charge on any atom is -0.313 e. The van der Waals surface area contributed by atoms with Gasteiger partial charge in [-0.1, -0.05) is 19.8 Å².